The molecular weight excluding hydrogens is 435 g/mol. The number of nitrogens with zero attached hydrogens (tertiary/aromatic N) is 2. The molecule has 0 spiro atoms. The Balaban J connectivity index is 1.48. The van der Waals surface area contributed by atoms with Crippen molar-refractivity contribution < 1.29 is 27.6 Å². The van der Waals surface area contributed by atoms with Gasteiger partial charge in [0, 0.05) is 17.5 Å². The molecule has 1 amide bonds. The van der Waals surface area contributed by atoms with Gasteiger partial charge in [-0.05, 0) is 17.7 Å². The Morgan fingerprint density at radius 2 is 2.00 bits per heavy atom. The molecule has 7 nitrogen and oxygen atoms in total. The number of quaternary nitrogens is 1. The van der Waals surface area contributed by atoms with Gasteiger partial charge in [0.1, 0.15) is 18.9 Å². The number of fused-ring (bicyclic) bond motifs is 1. The number of amides is 1. The first-order chi connectivity index (χ1) is 14.8. The van der Waals surface area contributed by atoms with E-state index in [-0.39, 0.29) is 17.9 Å². The maximum absolute atomic E-state index is 13.8. The van der Waals surface area contributed by atoms with E-state index < -0.39 is 24.2 Å². The van der Waals surface area contributed by atoms with Gasteiger partial charge in [0.2, 0.25) is 0 Å². The van der Waals surface area contributed by atoms with E-state index in [2.05, 4.69) is 15.7 Å². The molecule has 168 valence electrons. The molecule has 2 aromatic rings. The van der Waals surface area contributed by atoms with E-state index in [0.29, 0.717) is 30.3 Å². The van der Waals surface area contributed by atoms with Gasteiger partial charge in [0.05, 0.1) is 32.3 Å². The SMILES string of the molecule is O=C(NCC[NH+]1CCOCC1)c1cc2n(n1)C(C(F)(F)F)CC(c1ccc(Cl)cc1)N2. The number of ether oxygens (including phenoxy) is 1. The maximum Gasteiger partial charge on any atom is 0.410 e. The lowest BCUT2D eigenvalue weighted by molar-refractivity contribution is -0.906. The number of hydrogen-bond acceptors (Lipinski definition) is 4. The van der Waals surface area contributed by atoms with E-state index in [9.17, 15) is 18.0 Å². The van der Waals surface area contributed by atoms with Gasteiger partial charge in [-0.25, -0.2) is 4.68 Å². The van der Waals surface area contributed by atoms with E-state index in [1.807, 2.05) is 0 Å². The summed E-state index contributed by atoms with van der Waals surface area (Å²) in [7, 11) is 0. The van der Waals surface area contributed by atoms with Crippen molar-refractivity contribution in [1.29, 1.82) is 0 Å². The molecule has 1 saturated heterocycles. The van der Waals surface area contributed by atoms with Gasteiger partial charge in [-0.3, -0.25) is 4.79 Å². The quantitative estimate of drug-likeness (QED) is 0.639. The third kappa shape index (κ3) is 5.13. The number of carbonyl (C=O) groups is 1. The van der Waals surface area contributed by atoms with Crippen LogP contribution in [0.1, 0.15) is 34.6 Å². The fraction of sp³-hybridized carbons (Fsp3) is 0.500. The molecule has 2 atom stereocenters. The molecule has 0 saturated carbocycles. The fourth-order valence-electron chi connectivity index (χ4n) is 3.95. The van der Waals surface area contributed by atoms with Crippen molar-refractivity contribution in [2.45, 2.75) is 24.7 Å². The Bertz CT molecular complexity index is 913. The molecule has 0 radical (unpaired) electrons. The van der Waals surface area contributed by atoms with Crippen LogP contribution in [-0.2, 0) is 4.74 Å². The number of morpholine rings is 1. The number of hydrogen-bond donors (Lipinski definition) is 3. The standard InChI is InChI=1S/C20H23ClF3N5O2/c21-14-3-1-13(2-4-14)15-11-17(20(22,23)24)29-18(26-15)12-16(27-29)19(30)25-5-6-28-7-9-31-10-8-28/h1-4,12,15,17,26H,5-11H2,(H,25,30)/p+1. The molecule has 1 fully saturated rings. The van der Waals surface area contributed by atoms with E-state index in [1.165, 1.54) is 11.0 Å². The van der Waals surface area contributed by atoms with Crippen LogP contribution >= 0.6 is 11.6 Å². The summed E-state index contributed by atoms with van der Waals surface area (Å²) in [4.78, 5) is 13.8. The van der Waals surface area contributed by atoms with Crippen molar-refractivity contribution in [3.63, 3.8) is 0 Å². The summed E-state index contributed by atoms with van der Waals surface area (Å²) in [5.41, 5.74) is 0.649. The van der Waals surface area contributed by atoms with Crippen molar-refractivity contribution in [1.82, 2.24) is 15.1 Å². The predicted octanol–water partition coefficient (Wildman–Crippen LogP) is 1.84. The average molecular weight is 459 g/mol. The van der Waals surface area contributed by atoms with Gasteiger partial charge in [0.15, 0.2) is 11.7 Å². The first-order valence-electron chi connectivity index (χ1n) is 10.2. The molecule has 2 aliphatic rings. The predicted molar refractivity (Wildman–Crippen MR) is 108 cm³/mol. The number of aromatic nitrogens is 2. The summed E-state index contributed by atoms with van der Waals surface area (Å²) < 4.78 is 47.5. The van der Waals surface area contributed by atoms with Gasteiger partial charge in [-0.2, -0.15) is 18.3 Å². The zero-order valence-corrected chi connectivity index (χ0v) is 17.5. The van der Waals surface area contributed by atoms with Crippen molar-refractivity contribution >= 4 is 23.3 Å². The molecular formula is C20H24ClF3N5O2+. The van der Waals surface area contributed by atoms with Gasteiger partial charge >= 0.3 is 6.18 Å². The summed E-state index contributed by atoms with van der Waals surface area (Å²) >= 11 is 5.90. The molecule has 0 aliphatic carbocycles. The van der Waals surface area contributed by atoms with Crippen LogP contribution in [-0.4, -0.2) is 61.3 Å². The van der Waals surface area contributed by atoms with Crippen LogP contribution < -0.4 is 15.5 Å². The van der Waals surface area contributed by atoms with Crippen molar-refractivity contribution in [3.05, 3.63) is 46.6 Å². The minimum atomic E-state index is -4.50. The Morgan fingerprint density at radius 1 is 1.29 bits per heavy atom. The van der Waals surface area contributed by atoms with Crippen LogP contribution in [0.15, 0.2) is 30.3 Å². The zero-order chi connectivity index (χ0) is 22.0. The molecule has 0 bridgehead atoms. The molecule has 1 aromatic heterocycles. The van der Waals surface area contributed by atoms with Crippen LogP contribution in [0.3, 0.4) is 0 Å². The number of carbonyl (C=O) groups excluding carboxylic acids is 1. The fourth-order valence-corrected chi connectivity index (χ4v) is 4.08. The average Bonchev–Trinajstić information content (AvgIpc) is 3.18. The molecule has 4 rings (SSSR count). The van der Waals surface area contributed by atoms with Crippen molar-refractivity contribution in [2.75, 3.05) is 44.7 Å². The van der Waals surface area contributed by atoms with Crippen LogP contribution in [0.25, 0.3) is 0 Å². The number of halogens is 4. The van der Waals surface area contributed by atoms with Crippen LogP contribution in [0.2, 0.25) is 5.02 Å². The molecule has 3 N–H and O–H groups in total. The Hall–Kier alpha value is -2.30. The van der Waals surface area contributed by atoms with Gasteiger partial charge in [0.25, 0.3) is 5.91 Å². The first-order valence-corrected chi connectivity index (χ1v) is 10.6. The summed E-state index contributed by atoms with van der Waals surface area (Å²) in [6, 6.07) is 5.64. The Morgan fingerprint density at radius 3 is 2.68 bits per heavy atom. The van der Waals surface area contributed by atoms with Gasteiger partial charge in [-0.15, -0.1) is 0 Å². The van der Waals surface area contributed by atoms with Crippen LogP contribution in [0.4, 0.5) is 19.0 Å². The number of rotatable bonds is 5. The first kappa shape index (κ1) is 21.9. The summed E-state index contributed by atoms with van der Waals surface area (Å²) in [5, 5.41) is 10.3. The van der Waals surface area contributed by atoms with E-state index in [4.69, 9.17) is 16.3 Å². The highest BCUT2D eigenvalue weighted by molar-refractivity contribution is 6.30. The maximum atomic E-state index is 13.8. The highest BCUT2D eigenvalue weighted by atomic mass is 35.5. The third-order valence-electron chi connectivity index (χ3n) is 5.66. The van der Waals surface area contributed by atoms with Crippen molar-refractivity contribution in [3.8, 4) is 0 Å². The van der Waals surface area contributed by atoms with Crippen LogP contribution in [0.5, 0.6) is 0 Å². The molecule has 3 heterocycles. The number of nitrogens with one attached hydrogen (secondary N) is 3. The van der Waals surface area contributed by atoms with E-state index in [1.54, 1.807) is 24.3 Å². The summed E-state index contributed by atoms with van der Waals surface area (Å²) in [5.74, 6) is -0.321. The molecule has 31 heavy (non-hydrogen) atoms. The summed E-state index contributed by atoms with van der Waals surface area (Å²) in [6.45, 7) is 4.27. The highest BCUT2D eigenvalue weighted by Crippen LogP contribution is 2.43. The topological polar surface area (TPSA) is 72.6 Å². The normalized spacial score (nSPS) is 21.9. The molecule has 2 aliphatic heterocycles. The highest BCUT2D eigenvalue weighted by Gasteiger charge is 2.46. The Kier molecular flexibility index (Phi) is 6.40. The molecule has 11 heteroatoms. The number of anilines is 1. The minimum Gasteiger partial charge on any atom is -0.370 e. The van der Waals surface area contributed by atoms with Gasteiger partial charge in [-0.1, -0.05) is 23.7 Å². The monoisotopic (exact) mass is 458 g/mol. The molecule has 1 aromatic carbocycles. The molecule has 2 unspecified atom stereocenters. The summed E-state index contributed by atoms with van der Waals surface area (Å²) in [6.07, 6.45) is -4.73. The second-order valence-electron chi connectivity index (χ2n) is 7.77. The zero-order valence-electron chi connectivity index (χ0n) is 16.7. The van der Waals surface area contributed by atoms with E-state index >= 15 is 0 Å². The lowest BCUT2D eigenvalue weighted by atomic mass is 9.97. The van der Waals surface area contributed by atoms with E-state index in [0.717, 1.165) is 24.3 Å². The second-order valence-corrected chi connectivity index (χ2v) is 8.21. The largest absolute Gasteiger partial charge is 0.410 e. The Labute approximate surface area is 182 Å². The third-order valence-corrected chi connectivity index (χ3v) is 5.91. The second kappa shape index (κ2) is 9.05. The smallest absolute Gasteiger partial charge is 0.370 e. The van der Waals surface area contributed by atoms with Gasteiger partial charge < -0.3 is 20.3 Å². The van der Waals surface area contributed by atoms with Crippen molar-refractivity contribution in [2.24, 2.45) is 0 Å². The lowest BCUT2D eigenvalue weighted by Crippen LogP contribution is -3.14. The lowest BCUT2D eigenvalue weighted by Gasteiger charge is -2.33. The number of benzene rings is 1. The van der Waals surface area contributed by atoms with Crippen LogP contribution in [0, 0.1) is 0 Å². The number of alkyl halides is 3. The minimum absolute atomic E-state index is 0.0366.